The van der Waals surface area contributed by atoms with Crippen LogP contribution in [0.3, 0.4) is 0 Å². The number of ether oxygens (including phenoxy) is 1. The van der Waals surface area contributed by atoms with E-state index in [-0.39, 0.29) is 12.1 Å². The fourth-order valence-electron chi connectivity index (χ4n) is 1.92. The van der Waals surface area contributed by atoms with Crippen LogP contribution in [0.2, 0.25) is 0 Å². The predicted molar refractivity (Wildman–Crippen MR) is 82.2 cm³/mol. The van der Waals surface area contributed by atoms with Crippen molar-refractivity contribution in [1.82, 2.24) is 9.78 Å². The van der Waals surface area contributed by atoms with Crippen molar-refractivity contribution in [2.75, 3.05) is 5.32 Å². The highest BCUT2D eigenvalue weighted by atomic mass is 16.5. The van der Waals surface area contributed by atoms with Gasteiger partial charge in [0, 0.05) is 0 Å². The van der Waals surface area contributed by atoms with Gasteiger partial charge in [-0.05, 0) is 26.3 Å². The molecule has 6 heteroatoms. The van der Waals surface area contributed by atoms with Crippen molar-refractivity contribution in [2.24, 2.45) is 0 Å². The number of nitriles is 1. The molecule has 2 aromatic rings. The third kappa shape index (κ3) is 3.64. The fourth-order valence-corrected chi connectivity index (χ4v) is 1.92. The van der Waals surface area contributed by atoms with Crippen molar-refractivity contribution in [3.63, 3.8) is 0 Å². The molecule has 0 aliphatic rings. The van der Waals surface area contributed by atoms with Crippen LogP contribution in [-0.4, -0.2) is 15.9 Å². The number of anilines is 1. The highest BCUT2D eigenvalue weighted by Gasteiger charge is 2.22. The average molecular weight is 298 g/mol. The van der Waals surface area contributed by atoms with Crippen LogP contribution in [0.5, 0.6) is 0 Å². The molecule has 0 aliphatic heterocycles. The normalized spacial score (nSPS) is 10.8. The van der Waals surface area contributed by atoms with Crippen molar-refractivity contribution in [3.05, 3.63) is 47.7 Å². The van der Waals surface area contributed by atoms with E-state index >= 15 is 0 Å². The third-order valence-electron chi connectivity index (χ3n) is 2.96. The molecule has 0 unspecified atom stereocenters. The summed E-state index contributed by atoms with van der Waals surface area (Å²) in [5.74, 6) is 0.341. The summed E-state index contributed by atoms with van der Waals surface area (Å²) < 4.78 is 6.76. The second kappa shape index (κ2) is 6.31. The minimum absolute atomic E-state index is 0.165. The lowest BCUT2D eigenvalue weighted by molar-refractivity contribution is 0.154. The zero-order valence-corrected chi connectivity index (χ0v) is 12.8. The van der Waals surface area contributed by atoms with Gasteiger partial charge >= 0.3 is 6.09 Å². The molecule has 0 bridgehead atoms. The maximum absolute atomic E-state index is 11.9. The number of benzene rings is 1. The van der Waals surface area contributed by atoms with E-state index in [9.17, 15) is 4.79 Å². The van der Waals surface area contributed by atoms with Crippen molar-refractivity contribution < 1.29 is 9.53 Å². The SMILES string of the molecule is CC(C)(C)n1ncc(C#N)c1NC(=O)OCc1ccccc1. The van der Waals surface area contributed by atoms with Gasteiger partial charge < -0.3 is 4.74 Å². The van der Waals surface area contributed by atoms with Crippen LogP contribution in [0.4, 0.5) is 10.6 Å². The Morgan fingerprint density at radius 3 is 2.64 bits per heavy atom. The molecule has 2 rings (SSSR count). The Hall–Kier alpha value is -2.81. The number of nitrogens with one attached hydrogen (secondary N) is 1. The Morgan fingerprint density at radius 1 is 1.36 bits per heavy atom. The molecular formula is C16H18N4O2. The molecule has 0 fully saturated rings. The van der Waals surface area contributed by atoms with E-state index in [1.165, 1.54) is 6.20 Å². The number of rotatable bonds is 3. The molecule has 0 saturated heterocycles. The van der Waals surface area contributed by atoms with Gasteiger partial charge in [-0.3, -0.25) is 5.32 Å². The molecule has 22 heavy (non-hydrogen) atoms. The minimum atomic E-state index is -0.619. The highest BCUT2D eigenvalue weighted by Crippen LogP contribution is 2.23. The van der Waals surface area contributed by atoms with E-state index < -0.39 is 6.09 Å². The number of carbonyl (C=O) groups is 1. The summed E-state index contributed by atoms with van der Waals surface area (Å²) in [5.41, 5.74) is 0.825. The Bertz CT molecular complexity index is 693. The second-order valence-corrected chi connectivity index (χ2v) is 5.79. The number of aromatic nitrogens is 2. The van der Waals surface area contributed by atoms with Gasteiger partial charge in [-0.25, -0.2) is 9.48 Å². The van der Waals surface area contributed by atoms with E-state index in [1.54, 1.807) is 4.68 Å². The van der Waals surface area contributed by atoms with Crippen molar-refractivity contribution in [2.45, 2.75) is 32.9 Å². The first-order chi connectivity index (χ1) is 10.4. The monoisotopic (exact) mass is 298 g/mol. The van der Waals surface area contributed by atoms with Crippen molar-refractivity contribution in [3.8, 4) is 6.07 Å². The maximum Gasteiger partial charge on any atom is 0.413 e. The van der Waals surface area contributed by atoms with Gasteiger partial charge in [0.15, 0.2) is 5.82 Å². The van der Waals surface area contributed by atoms with Gasteiger partial charge in [0.05, 0.1) is 11.7 Å². The molecule has 1 aromatic heterocycles. The fraction of sp³-hybridized carbons (Fsp3) is 0.312. The zero-order valence-electron chi connectivity index (χ0n) is 12.8. The standard InChI is InChI=1S/C16H18N4O2/c1-16(2,3)20-14(13(9-17)10-18-20)19-15(21)22-11-12-7-5-4-6-8-12/h4-8,10H,11H2,1-3H3,(H,19,21). The molecule has 0 radical (unpaired) electrons. The Labute approximate surface area is 129 Å². The van der Waals surface area contributed by atoms with Crippen LogP contribution in [0, 0.1) is 11.3 Å². The molecule has 6 nitrogen and oxygen atoms in total. The Kier molecular flexibility index (Phi) is 4.47. The van der Waals surface area contributed by atoms with Gasteiger partial charge in [-0.1, -0.05) is 30.3 Å². The number of hydrogen-bond acceptors (Lipinski definition) is 4. The summed E-state index contributed by atoms with van der Waals surface area (Å²) in [6.45, 7) is 5.96. The maximum atomic E-state index is 11.9. The van der Waals surface area contributed by atoms with Crippen molar-refractivity contribution >= 4 is 11.9 Å². The first-order valence-electron chi connectivity index (χ1n) is 6.88. The van der Waals surface area contributed by atoms with Gasteiger partial charge in [0.1, 0.15) is 18.2 Å². The van der Waals surface area contributed by atoms with Gasteiger partial charge in [-0.15, -0.1) is 0 Å². The average Bonchev–Trinajstić information content (AvgIpc) is 2.89. The van der Waals surface area contributed by atoms with Crippen LogP contribution in [0.15, 0.2) is 36.5 Å². The van der Waals surface area contributed by atoms with Crippen LogP contribution < -0.4 is 5.32 Å². The van der Waals surface area contributed by atoms with E-state index in [0.717, 1.165) is 5.56 Å². The lowest BCUT2D eigenvalue weighted by Crippen LogP contribution is -2.27. The first-order valence-corrected chi connectivity index (χ1v) is 6.88. The summed E-state index contributed by atoms with van der Waals surface area (Å²) in [4.78, 5) is 11.9. The van der Waals surface area contributed by atoms with Gasteiger partial charge in [0.2, 0.25) is 0 Å². The third-order valence-corrected chi connectivity index (χ3v) is 2.96. The minimum Gasteiger partial charge on any atom is -0.444 e. The smallest absolute Gasteiger partial charge is 0.413 e. The molecule has 1 heterocycles. The molecule has 114 valence electrons. The van der Waals surface area contributed by atoms with Crippen LogP contribution >= 0.6 is 0 Å². The van der Waals surface area contributed by atoms with E-state index in [1.807, 2.05) is 57.2 Å². The summed E-state index contributed by atoms with van der Waals surface area (Å²) >= 11 is 0. The van der Waals surface area contributed by atoms with Crippen LogP contribution in [-0.2, 0) is 16.9 Å². The molecule has 1 N–H and O–H groups in total. The van der Waals surface area contributed by atoms with Gasteiger partial charge in [-0.2, -0.15) is 10.4 Å². The number of amides is 1. The number of nitrogens with zero attached hydrogens (tertiary/aromatic N) is 3. The molecule has 0 spiro atoms. The van der Waals surface area contributed by atoms with E-state index in [0.29, 0.717) is 11.4 Å². The van der Waals surface area contributed by atoms with Gasteiger partial charge in [0.25, 0.3) is 0 Å². The molecule has 0 saturated carbocycles. The largest absolute Gasteiger partial charge is 0.444 e. The lowest BCUT2D eigenvalue weighted by atomic mass is 10.1. The summed E-state index contributed by atoms with van der Waals surface area (Å²) in [5, 5.41) is 15.9. The topological polar surface area (TPSA) is 79.9 Å². The molecular weight excluding hydrogens is 280 g/mol. The molecule has 1 amide bonds. The quantitative estimate of drug-likeness (QED) is 0.943. The predicted octanol–water partition coefficient (Wildman–Crippen LogP) is 3.26. The lowest BCUT2D eigenvalue weighted by Gasteiger charge is -2.22. The highest BCUT2D eigenvalue weighted by molar-refractivity contribution is 5.85. The molecule has 0 atom stereocenters. The summed E-state index contributed by atoms with van der Waals surface area (Å²) in [6, 6.07) is 11.4. The van der Waals surface area contributed by atoms with Crippen molar-refractivity contribution in [1.29, 1.82) is 5.26 Å². The van der Waals surface area contributed by atoms with E-state index in [4.69, 9.17) is 10.00 Å². The first kappa shape index (κ1) is 15.6. The number of hydrogen-bond donors (Lipinski definition) is 1. The van der Waals surface area contributed by atoms with E-state index in [2.05, 4.69) is 10.4 Å². The van der Waals surface area contributed by atoms with Crippen LogP contribution in [0.1, 0.15) is 31.9 Å². The Balaban J connectivity index is 2.08. The molecule has 0 aliphatic carbocycles. The molecule has 1 aromatic carbocycles. The zero-order chi connectivity index (χ0) is 16.2. The summed E-state index contributed by atoms with van der Waals surface area (Å²) in [6.07, 6.45) is 0.810. The number of carbonyl (C=O) groups excluding carboxylic acids is 1. The Morgan fingerprint density at radius 2 is 2.05 bits per heavy atom. The second-order valence-electron chi connectivity index (χ2n) is 5.79. The van der Waals surface area contributed by atoms with Crippen LogP contribution in [0.25, 0.3) is 0 Å². The summed E-state index contributed by atoms with van der Waals surface area (Å²) in [7, 11) is 0.